The third-order valence-electron chi connectivity index (χ3n) is 1.56. The third kappa shape index (κ3) is 8.17. The summed E-state index contributed by atoms with van der Waals surface area (Å²) in [6, 6.07) is 0. The lowest BCUT2D eigenvalue weighted by Crippen LogP contribution is -2.15. The number of carbonyl (C=O) groups is 1. The predicted octanol–water partition coefficient (Wildman–Crippen LogP) is 3.47. The van der Waals surface area contributed by atoms with Crippen molar-refractivity contribution < 1.29 is 18.6 Å². The number of esters is 1. The third-order valence-corrected chi connectivity index (χ3v) is 3.84. The van der Waals surface area contributed by atoms with Gasteiger partial charge in [0, 0.05) is 6.16 Å². The molecule has 0 bridgehead atoms. The van der Waals surface area contributed by atoms with Crippen molar-refractivity contribution in [2.24, 2.45) is 5.41 Å². The Hall–Kier alpha value is -0.600. The standard InChI is InChI=1S/C12H23O4P/c1-9(2)15-17(8-12(4,5)6)16-10(3)11(13)14-7/h9H,3,8H2,1-2,4-7H3. The number of hydrogen-bond acceptors (Lipinski definition) is 4. The fraction of sp³-hybridized carbons (Fsp3) is 0.750. The van der Waals surface area contributed by atoms with E-state index >= 15 is 0 Å². The van der Waals surface area contributed by atoms with Crippen LogP contribution in [0.3, 0.4) is 0 Å². The molecule has 0 saturated carbocycles. The van der Waals surface area contributed by atoms with Crippen molar-refractivity contribution in [3.63, 3.8) is 0 Å². The molecule has 100 valence electrons. The van der Waals surface area contributed by atoms with Crippen LogP contribution < -0.4 is 0 Å². The van der Waals surface area contributed by atoms with Gasteiger partial charge in [-0.3, -0.25) is 0 Å². The largest absolute Gasteiger partial charge is 0.463 e. The van der Waals surface area contributed by atoms with Gasteiger partial charge in [-0.15, -0.1) is 0 Å². The van der Waals surface area contributed by atoms with E-state index in [4.69, 9.17) is 9.05 Å². The lowest BCUT2D eigenvalue weighted by Gasteiger charge is -2.26. The Labute approximate surface area is 105 Å². The van der Waals surface area contributed by atoms with Crippen LogP contribution in [0.2, 0.25) is 0 Å². The van der Waals surface area contributed by atoms with Gasteiger partial charge < -0.3 is 13.8 Å². The van der Waals surface area contributed by atoms with Crippen LogP contribution >= 0.6 is 8.38 Å². The quantitative estimate of drug-likeness (QED) is 0.318. The lowest BCUT2D eigenvalue weighted by molar-refractivity contribution is -0.138. The van der Waals surface area contributed by atoms with Crippen LogP contribution in [0.5, 0.6) is 0 Å². The summed E-state index contributed by atoms with van der Waals surface area (Å²) in [6.45, 7) is 13.7. The van der Waals surface area contributed by atoms with E-state index in [1.807, 2.05) is 13.8 Å². The first-order valence-electron chi connectivity index (χ1n) is 5.55. The van der Waals surface area contributed by atoms with E-state index in [2.05, 4.69) is 32.1 Å². The Morgan fingerprint density at radius 3 is 2.24 bits per heavy atom. The molecule has 0 aromatic carbocycles. The Morgan fingerprint density at radius 2 is 1.88 bits per heavy atom. The minimum atomic E-state index is -1.17. The van der Waals surface area contributed by atoms with E-state index in [0.29, 0.717) is 0 Å². The molecular formula is C12H23O4P. The smallest absolute Gasteiger partial charge is 0.373 e. The predicted molar refractivity (Wildman–Crippen MR) is 69.7 cm³/mol. The minimum Gasteiger partial charge on any atom is -0.463 e. The van der Waals surface area contributed by atoms with Gasteiger partial charge in [-0.05, 0) is 25.8 Å². The second-order valence-electron chi connectivity index (χ2n) is 5.21. The molecule has 4 nitrogen and oxygen atoms in total. The van der Waals surface area contributed by atoms with Crippen LogP contribution in [0.15, 0.2) is 12.3 Å². The first-order valence-corrected chi connectivity index (χ1v) is 6.91. The zero-order valence-corrected chi connectivity index (χ0v) is 12.5. The minimum absolute atomic E-state index is 0.00325. The summed E-state index contributed by atoms with van der Waals surface area (Å²) in [7, 11) is 0.132. The van der Waals surface area contributed by atoms with Crippen LogP contribution in [0.4, 0.5) is 0 Å². The van der Waals surface area contributed by atoms with Gasteiger partial charge in [0.25, 0.3) is 0 Å². The normalized spacial score (nSPS) is 13.4. The topological polar surface area (TPSA) is 44.8 Å². The first-order chi connectivity index (χ1) is 7.65. The second kappa shape index (κ2) is 6.97. The molecule has 1 atom stereocenters. The van der Waals surface area contributed by atoms with Gasteiger partial charge in [0.1, 0.15) is 0 Å². The van der Waals surface area contributed by atoms with Crippen molar-refractivity contribution in [1.82, 2.24) is 0 Å². The summed E-state index contributed by atoms with van der Waals surface area (Å²) in [4.78, 5) is 11.2. The molecule has 1 unspecified atom stereocenters. The lowest BCUT2D eigenvalue weighted by atomic mass is 10.0. The molecule has 17 heavy (non-hydrogen) atoms. The van der Waals surface area contributed by atoms with Crippen molar-refractivity contribution in [3.05, 3.63) is 12.3 Å². The van der Waals surface area contributed by atoms with Crippen LogP contribution in [-0.2, 0) is 18.6 Å². The summed E-state index contributed by atoms with van der Waals surface area (Å²) < 4.78 is 15.7. The van der Waals surface area contributed by atoms with Gasteiger partial charge in [-0.25, -0.2) is 4.79 Å². The summed E-state index contributed by atoms with van der Waals surface area (Å²) in [5.74, 6) is -0.553. The molecule has 0 aromatic heterocycles. The highest BCUT2D eigenvalue weighted by molar-refractivity contribution is 7.47. The Bertz CT molecular complexity index is 268. The van der Waals surface area contributed by atoms with Gasteiger partial charge in [0.15, 0.2) is 0 Å². The van der Waals surface area contributed by atoms with E-state index in [-0.39, 0.29) is 17.3 Å². The molecule has 0 aliphatic carbocycles. The van der Waals surface area contributed by atoms with E-state index in [1.54, 1.807) is 0 Å². The van der Waals surface area contributed by atoms with Gasteiger partial charge in [0.2, 0.25) is 14.1 Å². The van der Waals surface area contributed by atoms with Crippen molar-refractivity contribution in [2.75, 3.05) is 13.3 Å². The summed E-state index contributed by atoms with van der Waals surface area (Å²) >= 11 is 0. The molecule has 0 aliphatic heterocycles. The summed E-state index contributed by atoms with van der Waals surface area (Å²) in [5, 5.41) is 0. The molecular weight excluding hydrogens is 239 g/mol. The molecule has 0 fully saturated rings. The average molecular weight is 262 g/mol. The van der Waals surface area contributed by atoms with Gasteiger partial charge >= 0.3 is 5.97 Å². The monoisotopic (exact) mass is 262 g/mol. The molecule has 0 aliphatic rings. The van der Waals surface area contributed by atoms with Crippen LogP contribution in [0.1, 0.15) is 34.6 Å². The van der Waals surface area contributed by atoms with E-state index in [1.165, 1.54) is 7.11 Å². The maximum atomic E-state index is 11.2. The van der Waals surface area contributed by atoms with Crippen LogP contribution in [0.25, 0.3) is 0 Å². The van der Waals surface area contributed by atoms with Crippen molar-refractivity contribution in [2.45, 2.75) is 40.7 Å². The molecule has 0 radical (unpaired) electrons. The van der Waals surface area contributed by atoms with Crippen molar-refractivity contribution in [3.8, 4) is 0 Å². The molecule has 0 amide bonds. The highest BCUT2D eigenvalue weighted by atomic mass is 31.2. The van der Waals surface area contributed by atoms with Gasteiger partial charge in [-0.2, -0.15) is 0 Å². The van der Waals surface area contributed by atoms with Gasteiger partial charge in [0.05, 0.1) is 13.2 Å². The number of ether oxygens (including phenoxy) is 1. The highest BCUT2D eigenvalue weighted by Crippen LogP contribution is 2.46. The highest BCUT2D eigenvalue weighted by Gasteiger charge is 2.25. The molecule has 0 spiro atoms. The maximum Gasteiger partial charge on any atom is 0.373 e. The SMILES string of the molecule is C=C(OP(CC(C)(C)C)OC(C)C)C(=O)OC. The summed E-state index contributed by atoms with van der Waals surface area (Å²) in [5.41, 5.74) is 0.0665. The second-order valence-corrected chi connectivity index (χ2v) is 6.59. The fourth-order valence-electron chi connectivity index (χ4n) is 0.988. The zero-order valence-electron chi connectivity index (χ0n) is 11.6. The van der Waals surface area contributed by atoms with E-state index in [0.717, 1.165) is 6.16 Å². The number of rotatable bonds is 6. The number of carbonyl (C=O) groups excluding carboxylic acids is 1. The van der Waals surface area contributed by atoms with Crippen molar-refractivity contribution in [1.29, 1.82) is 0 Å². The van der Waals surface area contributed by atoms with Crippen molar-refractivity contribution >= 4 is 14.3 Å². The Morgan fingerprint density at radius 1 is 1.35 bits per heavy atom. The van der Waals surface area contributed by atoms with Crippen LogP contribution in [0, 0.1) is 5.41 Å². The Kier molecular flexibility index (Phi) is 6.73. The summed E-state index contributed by atoms with van der Waals surface area (Å²) in [6.07, 6.45) is 0.783. The maximum absolute atomic E-state index is 11.2. The van der Waals surface area contributed by atoms with E-state index in [9.17, 15) is 4.79 Å². The molecule has 5 heteroatoms. The first kappa shape index (κ1) is 16.4. The average Bonchev–Trinajstić information content (AvgIpc) is 2.12. The molecule has 0 heterocycles. The van der Waals surface area contributed by atoms with Crippen LogP contribution in [-0.4, -0.2) is 25.3 Å². The zero-order chi connectivity index (χ0) is 13.6. The molecule has 0 N–H and O–H groups in total. The fourth-order valence-corrected chi connectivity index (χ4v) is 2.73. The molecule has 0 aromatic rings. The van der Waals surface area contributed by atoms with Gasteiger partial charge in [-0.1, -0.05) is 20.8 Å². The molecule has 0 rings (SSSR count). The Balaban J connectivity index is 4.49. The molecule has 0 saturated heterocycles. The number of hydrogen-bond donors (Lipinski definition) is 0. The number of methoxy groups -OCH3 is 1. The van der Waals surface area contributed by atoms with E-state index < -0.39 is 14.3 Å².